The first kappa shape index (κ1) is 8.52. The summed E-state index contributed by atoms with van der Waals surface area (Å²) in [6.07, 6.45) is 4.51. The van der Waals surface area contributed by atoms with E-state index in [0.29, 0.717) is 24.2 Å². The first-order valence-corrected chi connectivity index (χ1v) is 4.92. The fraction of sp³-hybridized carbons (Fsp3) is 1.00. The maximum absolute atomic E-state index is 8.78. The van der Waals surface area contributed by atoms with Crippen LogP contribution in [0.5, 0.6) is 0 Å². The van der Waals surface area contributed by atoms with Crippen LogP contribution in [0, 0.1) is 11.3 Å². The number of epoxide rings is 1. The number of rotatable bonds is 4. The summed E-state index contributed by atoms with van der Waals surface area (Å²) in [7, 11) is 0. The SMILES string of the molecule is CC1OC1CC1(C)CC1CCO. The van der Waals surface area contributed by atoms with E-state index in [-0.39, 0.29) is 0 Å². The van der Waals surface area contributed by atoms with Crippen molar-refractivity contribution in [3.05, 3.63) is 0 Å². The van der Waals surface area contributed by atoms with E-state index in [0.717, 1.165) is 12.3 Å². The molecular weight excluding hydrogens is 152 g/mol. The van der Waals surface area contributed by atoms with E-state index in [9.17, 15) is 0 Å². The second kappa shape index (κ2) is 2.71. The molecule has 12 heavy (non-hydrogen) atoms. The molecule has 1 saturated carbocycles. The highest BCUT2D eigenvalue weighted by molar-refractivity contribution is 5.02. The molecule has 0 aromatic carbocycles. The summed E-state index contributed by atoms with van der Waals surface area (Å²) in [5, 5.41) is 8.78. The van der Waals surface area contributed by atoms with E-state index >= 15 is 0 Å². The number of ether oxygens (including phenoxy) is 1. The Hall–Kier alpha value is -0.0800. The molecule has 2 fully saturated rings. The molecule has 1 N–H and O–H groups in total. The van der Waals surface area contributed by atoms with Gasteiger partial charge in [-0.05, 0) is 37.5 Å². The standard InChI is InChI=1S/C10H18O2/c1-7-9(12-7)6-10(2)5-8(10)3-4-11/h7-9,11H,3-6H2,1-2H3. The molecule has 0 radical (unpaired) electrons. The van der Waals surface area contributed by atoms with E-state index in [2.05, 4.69) is 13.8 Å². The predicted octanol–water partition coefficient (Wildman–Crippen LogP) is 1.57. The van der Waals surface area contributed by atoms with Gasteiger partial charge >= 0.3 is 0 Å². The van der Waals surface area contributed by atoms with Gasteiger partial charge in [-0.25, -0.2) is 0 Å². The van der Waals surface area contributed by atoms with Crippen LogP contribution in [0.2, 0.25) is 0 Å². The van der Waals surface area contributed by atoms with Crippen molar-refractivity contribution >= 4 is 0 Å². The van der Waals surface area contributed by atoms with Gasteiger partial charge in [0.25, 0.3) is 0 Å². The lowest BCUT2D eigenvalue weighted by Crippen LogP contribution is -2.05. The van der Waals surface area contributed by atoms with Gasteiger partial charge in [0, 0.05) is 6.61 Å². The van der Waals surface area contributed by atoms with Crippen molar-refractivity contribution in [2.75, 3.05) is 6.61 Å². The van der Waals surface area contributed by atoms with Crippen molar-refractivity contribution in [2.24, 2.45) is 11.3 Å². The second-order valence-corrected chi connectivity index (χ2v) is 4.65. The summed E-state index contributed by atoms with van der Waals surface area (Å²) >= 11 is 0. The Labute approximate surface area is 73.9 Å². The molecule has 4 atom stereocenters. The van der Waals surface area contributed by atoms with Crippen molar-refractivity contribution in [1.82, 2.24) is 0 Å². The third kappa shape index (κ3) is 1.50. The average Bonchev–Trinajstić information content (AvgIpc) is 2.80. The Kier molecular flexibility index (Phi) is 1.92. The average molecular weight is 170 g/mol. The van der Waals surface area contributed by atoms with Crippen LogP contribution in [-0.4, -0.2) is 23.9 Å². The summed E-state index contributed by atoms with van der Waals surface area (Å²) < 4.78 is 5.40. The Morgan fingerprint density at radius 2 is 2.25 bits per heavy atom. The Balaban J connectivity index is 1.74. The fourth-order valence-corrected chi connectivity index (χ4v) is 2.26. The van der Waals surface area contributed by atoms with E-state index in [1.54, 1.807) is 0 Å². The van der Waals surface area contributed by atoms with Crippen molar-refractivity contribution in [1.29, 1.82) is 0 Å². The predicted molar refractivity (Wildman–Crippen MR) is 46.9 cm³/mol. The lowest BCUT2D eigenvalue weighted by molar-refractivity contribution is 0.262. The van der Waals surface area contributed by atoms with E-state index in [1.165, 1.54) is 12.8 Å². The van der Waals surface area contributed by atoms with Gasteiger partial charge in [-0.2, -0.15) is 0 Å². The lowest BCUT2D eigenvalue weighted by atomic mass is 9.97. The van der Waals surface area contributed by atoms with Crippen LogP contribution in [0.4, 0.5) is 0 Å². The molecule has 2 nitrogen and oxygen atoms in total. The van der Waals surface area contributed by atoms with Crippen molar-refractivity contribution in [3.63, 3.8) is 0 Å². The molecule has 0 amide bonds. The lowest BCUT2D eigenvalue weighted by Gasteiger charge is -2.07. The maximum atomic E-state index is 8.78. The minimum Gasteiger partial charge on any atom is -0.396 e. The molecule has 4 unspecified atom stereocenters. The third-order valence-electron chi connectivity index (χ3n) is 3.52. The molecule has 1 aliphatic heterocycles. The van der Waals surface area contributed by atoms with Crippen molar-refractivity contribution in [2.45, 2.75) is 45.3 Å². The fourth-order valence-electron chi connectivity index (χ4n) is 2.26. The van der Waals surface area contributed by atoms with Crippen molar-refractivity contribution in [3.8, 4) is 0 Å². The molecule has 2 rings (SSSR count). The molecule has 1 saturated heterocycles. The largest absolute Gasteiger partial charge is 0.396 e. The quantitative estimate of drug-likeness (QED) is 0.650. The van der Waals surface area contributed by atoms with Gasteiger partial charge in [-0.1, -0.05) is 6.92 Å². The first-order chi connectivity index (χ1) is 5.65. The molecule has 2 heteroatoms. The topological polar surface area (TPSA) is 32.8 Å². The zero-order valence-electron chi connectivity index (χ0n) is 7.92. The molecule has 70 valence electrons. The number of aliphatic hydroxyl groups excluding tert-OH is 1. The van der Waals surface area contributed by atoms with Crippen LogP contribution in [0.3, 0.4) is 0 Å². The van der Waals surface area contributed by atoms with E-state index in [4.69, 9.17) is 9.84 Å². The van der Waals surface area contributed by atoms with Crippen LogP contribution in [-0.2, 0) is 4.74 Å². The normalized spacial score (nSPS) is 50.8. The summed E-state index contributed by atoms with van der Waals surface area (Å²) in [5.74, 6) is 0.763. The summed E-state index contributed by atoms with van der Waals surface area (Å²) in [6.45, 7) is 4.81. The highest BCUT2D eigenvalue weighted by atomic mass is 16.6. The zero-order valence-corrected chi connectivity index (χ0v) is 7.92. The van der Waals surface area contributed by atoms with Gasteiger partial charge in [-0.15, -0.1) is 0 Å². The third-order valence-corrected chi connectivity index (χ3v) is 3.52. The molecular formula is C10H18O2. The smallest absolute Gasteiger partial charge is 0.0844 e. The molecule has 1 heterocycles. The van der Waals surface area contributed by atoms with E-state index in [1.807, 2.05) is 0 Å². The van der Waals surface area contributed by atoms with Gasteiger partial charge in [0.15, 0.2) is 0 Å². The van der Waals surface area contributed by atoms with Crippen molar-refractivity contribution < 1.29 is 9.84 Å². The Bertz CT molecular complexity index is 181. The number of hydrogen-bond acceptors (Lipinski definition) is 2. The minimum absolute atomic E-state index is 0.349. The second-order valence-electron chi connectivity index (χ2n) is 4.65. The van der Waals surface area contributed by atoms with Crippen LogP contribution in [0.1, 0.15) is 33.1 Å². The van der Waals surface area contributed by atoms with Gasteiger partial charge in [0.2, 0.25) is 0 Å². The van der Waals surface area contributed by atoms with Gasteiger partial charge in [0.05, 0.1) is 12.2 Å². The molecule has 2 aliphatic rings. The van der Waals surface area contributed by atoms with Gasteiger partial charge in [0.1, 0.15) is 0 Å². The summed E-state index contributed by atoms with van der Waals surface area (Å²) in [5.41, 5.74) is 0.498. The summed E-state index contributed by atoms with van der Waals surface area (Å²) in [4.78, 5) is 0. The Morgan fingerprint density at radius 1 is 1.58 bits per heavy atom. The Morgan fingerprint density at radius 3 is 2.75 bits per heavy atom. The maximum Gasteiger partial charge on any atom is 0.0844 e. The summed E-state index contributed by atoms with van der Waals surface area (Å²) in [6, 6.07) is 0. The van der Waals surface area contributed by atoms with Crippen LogP contribution in [0.15, 0.2) is 0 Å². The zero-order chi connectivity index (χ0) is 8.77. The van der Waals surface area contributed by atoms with Crippen LogP contribution < -0.4 is 0 Å². The monoisotopic (exact) mass is 170 g/mol. The van der Waals surface area contributed by atoms with Gasteiger partial charge < -0.3 is 9.84 Å². The number of aliphatic hydroxyl groups is 1. The first-order valence-electron chi connectivity index (χ1n) is 4.92. The molecule has 0 spiro atoms. The molecule has 0 bridgehead atoms. The van der Waals surface area contributed by atoms with E-state index < -0.39 is 0 Å². The highest BCUT2D eigenvalue weighted by Gasteiger charge is 2.53. The number of hydrogen-bond donors (Lipinski definition) is 1. The highest BCUT2D eigenvalue weighted by Crippen LogP contribution is 2.58. The molecule has 0 aromatic rings. The molecule has 1 aliphatic carbocycles. The molecule has 0 aromatic heterocycles. The van der Waals surface area contributed by atoms with Gasteiger partial charge in [-0.3, -0.25) is 0 Å². The minimum atomic E-state index is 0.349. The van der Waals surface area contributed by atoms with Crippen LogP contribution >= 0.6 is 0 Å². The van der Waals surface area contributed by atoms with Crippen LogP contribution in [0.25, 0.3) is 0 Å².